The summed E-state index contributed by atoms with van der Waals surface area (Å²) in [6.07, 6.45) is 1.46. The zero-order chi connectivity index (χ0) is 16.9. The van der Waals surface area contributed by atoms with Crippen molar-refractivity contribution in [2.24, 2.45) is 0 Å². The number of rotatable bonds is 5. The van der Waals surface area contributed by atoms with E-state index < -0.39 is 0 Å². The highest BCUT2D eigenvalue weighted by atomic mass is 79.9. The van der Waals surface area contributed by atoms with Crippen LogP contribution in [-0.2, 0) is 13.1 Å². The lowest BCUT2D eigenvalue weighted by Gasteiger charge is -2.11. The smallest absolute Gasteiger partial charge is 0.270 e. The van der Waals surface area contributed by atoms with E-state index in [1.54, 1.807) is 12.1 Å². The van der Waals surface area contributed by atoms with Gasteiger partial charge in [0.15, 0.2) is 0 Å². The number of nitrogens with zero attached hydrogens (tertiary/aromatic N) is 2. The molecule has 0 saturated heterocycles. The molecule has 1 heterocycles. The van der Waals surface area contributed by atoms with Crippen LogP contribution >= 0.6 is 15.9 Å². The Morgan fingerprint density at radius 2 is 1.83 bits per heavy atom. The maximum absolute atomic E-state index is 13.3. The fraction of sp³-hybridized carbons (Fsp3) is 0.111. The van der Waals surface area contributed by atoms with Crippen molar-refractivity contribution < 1.29 is 4.39 Å². The molecular weight excluding hydrogens is 373 g/mol. The molecule has 0 atom stereocenters. The topological polar surface area (TPSA) is 46.9 Å². The predicted octanol–water partition coefficient (Wildman–Crippen LogP) is 3.81. The quantitative estimate of drug-likeness (QED) is 0.723. The van der Waals surface area contributed by atoms with Gasteiger partial charge in [-0.1, -0.05) is 42.5 Å². The summed E-state index contributed by atoms with van der Waals surface area (Å²) in [6, 6.07) is 16.0. The molecule has 0 aliphatic heterocycles. The summed E-state index contributed by atoms with van der Waals surface area (Å²) in [4.78, 5) is 16.7. The minimum absolute atomic E-state index is 0.218. The summed E-state index contributed by atoms with van der Waals surface area (Å²) in [7, 11) is 0. The number of nitrogens with one attached hydrogen (secondary N) is 1. The van der Waals surface area contributed by atoms with E-state index in [9.17, 15) is 9.18 Å². The molecule has 1 N–H and O–H groups in total. The molecule has 2 aromatic carbocycles. The van der Waals surface area contributed by atoms with Crippen LogP contribution in [0.4, 0.5) is 10.2 Å². The lowest BCUT2D eigenvalue weighted by Crippen LogP contribution is -2.23. The second-order valence-electron chi connectivity index (χ2n) is 5.31. The molecule has 0 bridgehead atoms. The van der Waals surface area contributed by atoms with E-state index in [4.69, 9.17) is 0 Å². The zero-order valence-corrected chi connectivity index (χ0v) is 14.3. The third-order valence-electron chi connectivity index (χ3n) is 3.53. The Balaban J connectivity index is 1.77. The first kappa shape index (κ1) is 16.4. The molecule has 0 aliphatic carbocycles. The van der Waals surface area contributed by atoms with Crippen LogP contribution in [0.15, 0.2) is 70.2 Å². The minimum atomic E-state index is -0.325. The standard InChI is InChI=1S/C18H15BrFN3O/c19-16-17(21-10-13-5-2-1-3-6-13)22-12-23(18(16)24)11-14-7-4-8-15(20)9-14/h1-9,12,21H,10-11H2. The zero-order valence-electron chi connectivity index (χ0n) is 12.7. The fourth-order valence-corrected chi connectivity index (χ4v) is 2.78. The van der Waals surface area contributed by atoms with Crippen LogP contribution in [0.3, 0.4) is 0 Å². The highest BCUT2D eigenvalue weighted by Gasteiger charge is 2.09. The lowest BCUT2D eigenvalue weighted by molar-refractivity contribution is 0.622. The summed E-state index contributed by atoms with van der Waals surface area (Å²) >= 11 is 3.30. The predicted molar refractivity (Wildman–Crippen MR) is 95.5 cm³/mol. The summed E-state index contributed by atoms with van der Waals surface area (Å²) < 4.78 is 15.0. The average molecular weight is 388 g/mol. The number of aromatic nitrogens is 2. The number of halogens is 2. The van der Waals surface area contributed by atoms with Crippen LogP contribution in [-0.4, -0.2) is 9.55 Å². The van der Waals surface area contributed by atoms with Gasteiger partial charge in [-0.25, -0.2) is 9.37 Å². The van der Waals surface area contributed by atoms with Gasteiger partial charge in [-0.05, 0) is 39.2 Å². The Hall–Kier alpha value is -2.47. The van der Waals surface area contributed by atoms with Gasteiger partial charge in [0.1, 0.15) is 22.4 Å². The van der Waals surface area contributed by atoms with Crippen LogP contribution in [0.25, 0.3) is 0 Å². The first-order valence-electron chi connectivity index (χ1n) is 7.40. The molecule has 1 aromatic heterocycles. The number of benzene rings is 2. The Morgan fingerprint density at radius 3 is 2.58 bits per heavy atom. The largest absolute Gasteiger partial charge is 0.365 e. The van der Waals surface area contributed by atoms with Crippen molar-refractivity contribution in [2.75, 3.05) is 5.32 Å². The first-order valence-corrected chi connectivity index (χ1v) is 8.20. The molecule has 0 spiro atoms. The maximum Gasteiger partial charge on any atom is 0.270 e. The molecule has 24 heavy (non-hydrogen) atoms. The first-order chi connectivity index (χ1) is 11.6. The molecule has 0 aliphatic rings. The number of hydrogen-bond donors (Lipinski definition) is 1. The van der Waals surface area contributed by atoms with Gasteiger partial charge in [0.2, 0.25) is 0 Å². The fourth-order valence-electron chi connectivity index (χ4n) is 2.31. The van der Waals surface area contributed by atoms with Crippen LogP contribution in [0.1, 0.15) is 11.1 Å². The molecule has 0 amide bonds. The maximum atomic E-state index is 13.3. The van der Waals surface area contributed by atoms with E-state index in [1.165, 1.54) is 23.0 Å². The van der Waals surface area contributed by atoms with Crippen LogP contribution in [0.2, 0.25) is 0 Å². The molecule has 3 rings (SSSR count). The van der Waals surface area contributed by atoms with Crippen LogP contribution in [0.5, 0.6) is 0 Å². The van der Waals surface area contributed by atoms with Gasteiger partial charge in [0.05, 0.1) is 6.54 Å². The SMILES string of the molecule is O=c1c(Br)c(NCc2ccccc2)ncn1Cc1cccc(F)c1. The molecule has 0 saturated carbocycles. The van der Waals surface area contributed by atoms with Crippen molar-refractivity contribution in [1.82, 2.24) is 9.55 Å². The third-order valence-corrected chi connectivity index (χ3v) is 4.24. The van der Waals surface area contributed by atoms with Gasteiger partial charge in [-0.3, -0.25) is 9.36 Å². The summed E-state index contributed by atoms with van der Waals surface area (Å²) in [6.45, 7) is 0.834. The number of hydrogen-bond acceptors (Lipinski definition) is 3. The summed E-state index contributed by atoms with van der Waals surface area (Å²) in [5.74, 6) is 0.160. The van der Waals surface area contributed by atoms with Crippen molar-refractivity contribution in [2.45, 2.75) is 13.1 Å². The van der Waals surface area contributed by atoms with Crippen LogP contribution in [0, 0.1) is 5.82 Å². The normalized spacial score (nSPS) is 10.6. The monoisotopic (exact) mass is 387 g/mol. The molecule has 4 nitrogen and oxygen atoms in total. The van der Waals surface area contributed by atoms with E-state index in [1.807, 2.05) is 30.3 Å². The van der Waals surface area contributed by atoms with Gasteiger partial charge in [-0.2, -0.15) is 0 Å². The average Bonchev–Trinajstić information content (AvgIpc) is 2.59. The minimum Gasteiger partial charge on any atom is -0.365 e. The second-order valence-corrected chi connectivity index (χ2v) is 6.10. The van der Waals surface area contributed by atoms with Crippen molar-refractivity contribution in [3.63, 3.8) is 0 Å². The Kier molecular flexibility index (Phi) is 5.05. The van der Waals surface area contributed by atoms with Crippen molar-refractivity contribution in [1.29, 1.82) is 0 Å². The van der Waals surface area contributed by atoms with Crippen LogP contribution < -0.4 is 10.9 Å². The Bertz CT molecular complexity index is 896. The van der Waals surface area contributed by atoms with E-state index in [0.717, 1.165) is 5.56 Å². The van der Waals surface area contributed by atoms with E-state index >= 15 is 0 Å². The second kappa shape index (κ2) is 7.40. The van der Waals surface area contributed by atoms with Crippen molar-refractivity contribution in [3.05, 3.63) is 92.7 Å². The molecule has 3 aromatic rings. The molecule has 6 heteroatoms. The summed E-state index contributed by atoms with van der Waals surface area (Å²) in [5.41, 5.74) is 1.58. The van der Waals surface area contributed by atoms with Crippen molar-refractivity contribution in [3.8, 4) is 0 Å². The van der Waals surface area contributed by atoms with Gasteiger partial charge in [-0.15, -0.1) is 0 Å². The third kappa shape index (κ3) is 3.89. The Morgan fingerprint density at radius 1 is 1.08 bits per heavy atom. The molecule has 0 unspecified atom stereocenters. The van der Waals surface area contributed by atoms with Gasteiger partial charge >= 0.3 is 0 Å². The van der Waals surface area contributed by atoms with Gasteiger partial charge < -0.3 is 5.32 Å². The van der Waals surface area contributed by atoms with E-state index in [-0.39, 0.29) is 17.9 Å². The Labute approximate surface area is 147 Å². The lowest BCUT2D eigenvalue weighted by atomic mass is 10.2. The molecule has 0 radical (unpaired) electrons. The van der Waals surface area contributed by atoms with E-state index in [0.29, 0.717) is 22.4 Å². The molecule has 0 fully saturated rings. The number of anilines is 1. The summed E-state index contributed by atoms with van der Waals surface area (Å²) in [5, 5.41) is 3.14. The van der Waals surface area contributed by atoms with Crippen molar-refractivity contribution >= 4 is 21.7 Å². The van der Waals surface area contributed by atoms with Gasteiger partial charge in [0.25, 0.3) is 5.56 Å². The highest BCUT2D eigenvalue weighted by Crippen LogP contribution is 2.16. The highest BCUT2D eigenvalue weighted by molar-refractivity contribution is 9.10. The molecule has 122 valence electrons. The molecular formula is C18H15BrFN3O. The van der Waals surface area contributed by atoms with Gasteiger partial charge in [0, 0.05) is 6.54 Å². The van der Waals surface area contributed by atoms with E-state index in [2.05, 4.69) is 26.2 Å².